The number of methoxy groups -OCH3 is 1. The Bertz CT molecular complexity index is 1010. The van der Waals surface area contributed by atoms with Gasteiger partial charge in [-0.1, -0.05) is 17.8 Å². The molecule has 134 valence electrons. The van der Waals surface area contributed by atoms with Crippen LogP contribution in [0.5, 0.6) is 5.75 Å². The fraction of sp³-hybridized carbons (Fsp3) is 0.211. The zero-order valence-electron chi connectivity index (χ0n) is 14.5. The number of thiophene rings is 1. The molecular weight excluding hydrogens is 368 g/mol. The van der Waals surface area contributed by atoms with Gasteiger partial charge in [-0.05, 0) is 42.6 Å². The highest BCUT2D eigenvalue weighted by molar-refractivity contribution is 8.00. The second kappa shape index (κ2) is 7.88. The van der Waals surface area contributed by atoms with Crippen LogP contribution in [0.15, 0.2) is 58.3 Å². The van der Waals surface area contributed by atoms with Crippen LogP contribution in [0.25, 0.3) is 10.2 Å². The van der Waals surface area contributed by atoms with Crippen LogP contribution in [0, 0.1) is 0 Å². The maximum Gasteiger partial charge on any atom is 0.263 e. The van der Waals surface area contributed by atoms with Crippen LogP contribution >= 0.6 is 23.1 Å². The van der Waals surface area contributed by atoms with E-state index in [1.807, 2.05) is 12.3 Å². The molecule has 0 aliphatic heterocycles. The summed E-state index contributed by atoms with van der Waals surface area (Å²) in [5.74, 6) is 0.676. The van der Waals surface area contributed by atoms with Gasteiger partial charge in [0.1, 0.15) is 10.6 Å². The molecule has 0 unspecified atom stereocenters. The second-order valence-corrected chi connectivity index (χ2v) is 7.79. The van der Waals surface area contributed by atoms with E-state index in [1.165, 1.54) is 23.1 Å². The van der Waals surface area contributed by atoms with Gasteiger partial charge in [0, 0.05) is 12.1 Å². The molecule has 2 aromatic heterocycles. The van der Waals surface area contributed by atoms with Crippen molar-refractivity contribution in [2.75, 3.05) is 7.11 Å². The van der Waals surface area contributed by atoms with Crippen molar-refractivity contribution in [3.8, 4) is 5.75 Å². The number of aromatic nitrogens is 2. The smallest absolute Gasteiger partial charge is 0.263 e. The van der Waals surface area contributed by atoms with Crippen LogP contribution in [0.3, 0.4) is 0 Å². The van der Waals surface area contributed by atoms with Crippen molar-refractivity contribution in [3.63, 3.8) is 0 Å². The first-order valence-corrected chi connectivity index (χ1v) is 9.75. The largest absolute Gasteiger partial charge is 0.497 e. The van der Waals surface area contributed by atoms with Crippen LogP contribution in [0.4, 0.5) is 0 Å². The molecule has 2 heterocycles. The standard InChI is InChI=1S/C19H18N2O3S2/c1-4-10-21-18(23)15-9-11-25-17(15)20-19(21)26-12(2)16(22)13-5-7-14(24-3)8-6-13/h4-9,11-12H,1,10H2,2-3H3/t12-/m1/s1. The van der Waals surface area contributed by atoms with Crippen molar-refractivity contribution in [2.24, 2.45) is 0 Å². The molecule has 0 aliphatic carbocycles. The number of allylic oxidation sites excluding steroid dienone is 1. The number of ketones is 1. The van der Waals surface area contributed by atoms with E-state index in [9.17, 15) is 9.59 Å². The Morgan fingerprint density at radius 2 is 2.12 bits per heavy atom. The van der Waals surface area contributed by atoms with Crippen LogP contribution < -0.4 is 10.3 Å². The summed E-state index contributed by atoms with van der Waals surface area (Å²) in [4.78, 5) is 30.6. The second-order valence-electron chi connectivity index (χ2n) is 5.59. The molecule has 0 fully saturated rings. The van der Waals surface area contributed by atoms with Crippen molar-refractivity contribution >= 4 is 39.1 Å². The van der Waals surface area contributed by atoms with Gasteiger partial charge in [0.05, 0.1) is 17.7 Å². The third kappa shape index (κ3) is 3.59. The van der Waals surface area contributed by atoms with E-state index in [0.717, 1.165) is 0 Å². The minimum absolute atomic E-state index is 0.0247. The van der Waals surface area contributed by atoms with Crippen molar-refractivity contribution in [1.82, 2.24) is 9.55 Å². The van der Waals surface area contributed by atoms with Gasteiger partial charge in [-0.15, -0.1) is 17.9 Å². The molecular formula is C19H18N2O3S2. The fourth-order valence-corrected chi connectivity index (χ4v) is 4.31. The summed E-state index contributed by atoms with van der Waals surface area (Å²) in [6, 6.07) is 8.77. The lowest BCUT2D eigenvalue weighted by molar-refractivity contribution is 0.0994. The van der Waals surface area contributed by atoms with E-state index >= 15 is 0 Å². The summed E-state index contributed by atoms with van der Waals surface area (Å²) in [6.45, 7) is 5.88. The molecule has 7 heteroatoms. The van der Waals surface area contributed by atoms with Gasteiger partial charge in [-0.2, -0.15) is 0 Å². The molecule has 0 spiro atoms. The quantitative estimate of drug-likeness (QED) is 0.266. The zero-order chi connectivity index (χ0) is 18.7. The molecule has 0 saturated carbocycles. The van der Waals surface area contributed by atoms with E-state index in [2.05, 4.69) is 11.6 Å². The van der Waals surface area contributed by atoms with E-state index in [4.69, 9.17) is 4.74 Å². The minimum atomic E-state index is -0.385. The van der Waals surface area contributed by atoms with Gasteiger partial charge in [-0.25, -0.2) is 4.98 Å². The molecule has 1 aromatic carbocycles. The molecule has 3 aromatic rings. The molecule has 0 amide bonds. The highest BCUT2D eigenvalue weighted by Crippen LogP contribution is 2.27. The van der Waals surface area contributed by atoms with Crippen molar-refractivity contribution in [1.29, 1.82) is 0 Å². The Balaban J connectivity index is 1.91. The zero-order valence-corrected chi connectivity index (χ0v) is 16.1. The molecule has 0 aliphatic rings. The number of carbonyl (C=O) groups is 1. The van der Waals surface area contributed by atoms with Gasteiger partial charge in [0.25, 0.3) is 5.56 Å². The number of fused-ring (bicyclic) bond motifs is 1. The summed E-state index contributed by atoms with van der Waals surface area (Å²) in [5, 5.41) is 2.58. The van der Waals surface area contributed by atoms with E-state index in [1.54, 1.807) is 48.1 Å². The first-order chi connectivity index (χ1) is 12.5. The van der Waals surface area contributed by atoms with Gasteiger partial charge >= 0.3 is 0 Å². The molecule has 1 atom stereocenters. The summed E-state index contributed by atoms with van der Waals surface area (Å²) in [7, 11) is 1.58. The third-order valence-electron chi connectivity index (χ3n) is 3.89. The lowest BCUT2D eigenvalue weighted by atomic mass is 10.1. The maximum atomic E-state index is 12.7. The number of Topliss-reactive ketones (excluding diaryl/α,β-unsaturated/α-hetero) is 1. The van der Waals surface area contributed by atoms with Gasteiger partial charge in [0.2, 0.25) is 0 Å². The lowest BCUT2D eigenvalue weighted by Crippen LogP contribution is -2.24. The van der Waals surface area contributed by atoms with Crippen LogP contribution in [-0.4, -0.2) is 27.7 Å². The molecule has 0 saturated heterocycles. The summed E-state index contributed by atoms with van der Waals surface area (Å²) in [6.07, 6.45) is 1.65. The average Bonchev–Trinajstić information content (AvgIpc) is 3.13. The Morgan fingerprint density at radius 3 is 2.77 bits per heavy atom. The van der Waals surface area contributed by atoms with Crippen LogP contribution in [-0.2, 0) is 6.54 Å². The number of benzene rings is 1. The Morgan fingerprint density at radius 1 is 1.38 bits per heavy atom. The first-order valence-electron chi connectivity index (χ1n) is 7.99. The van der Waals surface area contributed by atoms with Gasteiger partial charge in [-0.3, -0.25) is 14.2 Å². The van der Waals surface area contributed by atoms with Crippen molar-refractivity contribution in [3.05, 3.63) is 64.3 Å². The SMILES string of the molecule is C=CCn1c(S[C@H](C)C(=O)c2ccc(OC)cc2)nc2sccc2c1=O. The summed E-state index contributed by atoms with van der Waals surface area (Å²) >= 11 is 2.70. The number of hydrogen-bond acceptors (Lipinski definition) is 6. The number of hydrogen-bond donors (Lipinski definition) is 0. The van der Waals surface area contributed by atoms with Crippen molar-refractivity contribution in [2.45, 2.75) is 23.9 Å². The van der Waals surface area contributed by atoms with E-state index < -0.39 is 0 Å². The third-order valence-corrected chi connectivity index (χ3v) is 5.78. The Kier molecular flexibility index (Phi) is 5.58. The number of thioether (sulfide) groups is 1. The molecule has 0 N–H and O–H groups in total. The lowest BCUT2D eigenvalue weighted by Gasteiger charge is -2.14. The first kappa shape index (κ1) is 18.4. The fourth-order valence-electron chi connectivity index (χ4n) is 2.51. The van der Waals surface area contributed by atoms with E-state index in [0.29, 0.717) is 33.2 Å². The summed E-state index contributed by atoms with van der Waals surface area (Å²) in [5.41, 5.74) is 0.489. The highest BCUT2D eigenvalue weighted by Gasteiger charge is 2.20. The number of carbonyl (C=O) groups excluding carboxylic acids is 1. The predicted molar refractivity (Wildman–Crippen MR) is 107 cm³/mol. The number of ether oxygens (including phenoxy) is 1. The molecule has 26 heavy (non-hydrogen) atoms. The predicted octanol–water partition coefficient (Wildman–Crippen LogP) is 4.02. The Hall–Kier alpha value is -2.38. The topological polar surface area (TPSA) is 61.2 Å². The summed E-state index contributed by atoms with van der Waals surface area (Å²) < 4.78 is 6.68. The number of nitrogens with zero attached hydrogens (tertiary/aromatic N) is 2. The molecule has 0 radical (unpaired) electrons. The number of rotatable bonds is 7. The maximum absolute atomic E-state index is 12.7. The monoisotopic (exact) mass is 386 g/mol. The van der Waals surface area contributed by atoms with Gasteiger partial charge < -0.3 is 4.74 Å². The molecule has 3 rings (SSSR count). The van der Waals surface area contributed by atoms with Crippen molar-refractivity contribution < 1.29 is 9.53 Å². The van der Waals surface area contributed by atoms with Gasteiger partial charge in [0.15, 0.2) is 10.9 Å². The molecule has 5 nitrogen and oxygen atoms in total. The minimum Gasteiger partial charge on any atom is -0.497 e. The normalized spacial score (nSPS) is 12.1. The van der Waals surface area contributed by atoms with Crippen LogP contribution in [0.2, 0.25) is 0 Å². The van der Waals surface area contributed by atoms with Crippen LogP contribution in [0.1, 0.15) is 17.3 Å². The average molecular weight is 386 g/mol. The molecule has 0 bridgehead atoms. The highest BCUT2D eigenvalue weighted by atomic mass is 32.2. The van der Waals surface area contributed by atoms with E-state index in [-0.39, 0.29) is 16.6 Å². The Labute approximate surface area is 159 Å².